The summed E-state index contributed by atoms with van der Waals surface area (Å²) in [5.41, 5.74) is 2.91. The summed E-state index contributed by atoms with van der Waals surface area (Å²) in [6, 6.07) is 9.13. The highest BCUT2D eigenvalue weighted by atomic mass is 19.4. The molecule has 0 radical (unpaired) electrons. The quantitative estimate of drug-likeness (QED) is 0.740. The molecule has 1 heterocycles. The molecule has 0 bridgehead atoms. The highest BCUT2D eigenvalue weighted by Gasteiger charge is 2.38. The van der Waals surface area contributed by atoms with Gasteiger partial charge in [-0.2, -0.15) is 13.2 Å². The van der Waals surface area contributed by atoms with Gasteiger partial charge < -0.3 is 10.4 Å². The molecule has 0 fully saturated rings. The number of fused-ring (bicyclic) bond motifs is 1. The van der Waals surface area contributed by atoms with Crippen LogP contribution in [-0.4, -0.2) is 17.3 Å². The third-order valence-electron chi connectivity index (χ3n) is 2.36. The van der Waals surface area contributed by atoms with Crippen molar-refractivity contribution in [2.45, 2.75) is 25.7 Å². The van der Waals surface area contributed by atoms with Crippen molar-refractivity contribution in [1.29, 1.82) is 0 Å². The van der Waals surface area contributed by atoms with Crippen LogP contribution < -0.4 is 5.32 Å². The van der Waals surface area contributed by atoms with E-state index in [4.69, 9.17) is 9.90 Å². The maximum Gasteiger partial charge on any atom is 0.490 e. The van der Waals surface area contributed by atoms with Crippen molar-refractivity contribution >= 4 is 5.97 Å². The van der Waals surface area contributed by atoms with Crippen LogP contribution in [0.25, 0.3) is 0 Å². The van der Waals surface area contributed by atoms with Crippen molar-refractivity contribution in [2.75, 3.05) is 0 Å². The van der Waals surface area contributed by atoms with Gasteiger partial charge >= 0.3 is 12.1 Å². The largest absolute Gasteiger partial charge is 0.490 e. The Bertz CT molecular complexity index is 404. The minimum absolute atomic E-state index is 0.552. The Morgan fingerprint density at radius 1 is 1.41 bits per heavy atom. The maximum atomic E-state index is 10.6. The van der Waals surface area contributed by atoms with Crippen LogP contribution in [-0.2, 0) is 11.3 Å². The summed E-state index contributed by atoms with van der Waals surface area (Å²) in [7, 11) is 0. The van der Waals surface area contributed by atoms with Crippen LogP contribution in [0.1, 0.15) is 24.1 Å². The Balaban J connectivity index is 0.000000185. The lowest BCUT2D eigenvalue weighted by atomic mass is 10.1. The minimum atomic E-state index is -5.08. The first-order chi connectivity index (χ1) is 7.82. The number of aliphatic carboxylic acids is 1. The average Bonchev–Trinajstić information content (AvgIpc) is 2.61. The Morgan fingerprint density at radius 3 is 2.41 bits per heavy atom. The molecule has 0 amide bonds. The number of carboxylic acid groups (broad SMARTS) is 1. The molecular weight excluding hydrogens is 235 g/mol. The van der Waals surface area contributed by atoms with Crippen molar-refractivity contribution in [3.05, 3.63) is 35.4 Å². The Labute approximate surface area is 96.3 Å². The zero-order valence-electron chi connectivity index (χ0n) is 9.08. The van der Waals surface area contributed by atoms with Gasteiger partial charge in [0.25, 0.3) is 0 Å². The van der Waals surface area contributed by atoms with Gasteiger partial charge in [-0.15, -0.1) is 0 Å². The van der Waals surface area contributed by atoms with Gasteiger partial charge in [-0.05, 0) is 18.1 Å². The second-order valence-corrected chi connectivity index (χ2v) is 3.60. The van der Waals surface area contributed by atoms with E-state index in [2.05, 4.69) is 36.5 Å². The summed E-state index contributed by atoms with van der Waals surface area (Å²) >= 11 is 0. The molecule has 1 aliphatic rings. The standard InChI is InChI=1S/C9H11N.C2HF3O2/c1-7-9-5-3-2-4-8(9)6-10-7;3-2(4,5)1(6)7/h2-5,7,10H,6H2,1H3;(H,6,7). The third-order valence-corrected chi connectivity index (χ3v) is 2.36. The molecule has 3 nitrogen and oxygen atoms in total. The number of hydrogen-bond donors (Lipinski definition) is 2. The lowest BCUT2D eigenvalue weighted by Gasteiger charge is -2.01. The second kappa shape index (κ2) is 5.18. The third kappa shape index (κ3) is 3.74. The lowest BCUT2D eigenvalue weighted by Crippen LogP contribution is -2.21. The van der Waals surface area contributed by atoms with Gasteiger partial charge in [0.15, 0.2) is 0 Å². The highest BCUT2D eigenvalue weighted by Crippen LogP contribution is 2.23. The predicted molar refractivity (Wildman–Crippen MR) is 55.4 cm³/mol. The van der Waals surface area contributed by atoms with Gasteiger partial charge in [0.2, 0.25) is 0 Å². The van der Waals surface area contributed by atoms with Crippen molar-refractivity contribution < 1.29 is 23.1 Å². The van der Waals surface area contributed by atoms with E-state index in [9.17, 15) is 13.2 Å². The molecule has 17 heavy (non-hydrogen) atoms. The number of benzene rings is 1. The monoisotopic (exact) mass is 247 g/mol. The van der Waals surface area contributed by atoms with Crippen LogP contribution in [0.2, 0.25) is 0 Å². The summed E-state index contributed by atoms with van der Waals surface area (Å²) < 4.78 is 31.7. The van der Waals surface area contributed by atoms with Crippen molar-refractivity contribution in [2.24, 2.45) is 0 Å². The predicted octanol–water partition coefficient (Wildman–Crippen LogP) is 2.48. The molecule has 2 rings (SSSR count). The highest BCUT2D eigenvalue weighted by molar-refractivity contribution is 5.73. The van der Waals surface area contributed by atoms with Crippen LogP contribution >= 0.6 is 0 Å². The molecule has 6 heteroatoms. The number of carbonyl (C=O) groups is 1. The average molecular weight is 247 g/mol. The van der Waals surface area contributed by atoms with Crippen molar-refractivity contribution in [3.63, 3.8) is 0 Å². The van der Waals surface area contributed by atoms with E-state index < -0.39 is 12.1 Å². The van der Waals surface area contributed by atoms with Crippen molar-refractivity contribution in [3.8, 4) is 0 Å². The first-order valence-corrected chi connectivity index (χ1v) is 4.93. The number of carboxylic acids is 1. The van der Waals surface area contributed by atoms with Gasteiger partial charge in [0, 0.05) is 12.6 Å². The van der Waals surface area contributed by atoms with Gasteiger partial charge in [-0.1, -0.05) is 24.3 Å². The fourth-order valence-corrected chi connectivity index (χ4v) is 1.49. The smallest absolute Gasteiger partial charge is 0.475 e. The van der Waals surface area contributed by atoms with Gasteiger partial charge in [0.05, 0.1) is 0 Å². The van der Waals surface area contributed by atoms with Gasteiger partial charge in [-0.25, -0.2) is 4.79 Å². The fourth-order valence-electron chi connectivity index (χ4n) is 1.49. The minimum Gasteiger partial charge on any atom is -0.475 e. The second-order valence-electron chi connectivity index (χ2n) is 3.60. The maximum absolute atomic E-state index is 10.6. The Kier molecular flexibility index (Phi) is 4.11. The summed E-state index contributed by atoms with van der Waals surface area (Å²) in [5.74, 6) is -2.76. The topological polar surface area (TPSA) is 49.3 Å². The molecule has 0 aliphatic carbocycles. The Morgan fingerprint density at radius 2 is 1.94 bits per heavy atom. The molecule has 0 saturated carbocycles. The number of halogens is 3. The summed E-state index contributed by atoms with van der Waals surface area (Å²) in [6.45, 7) is 3.24. The SMILES string of the molecule is CC1NCc2ccccc21.O=C(O)C(F)(F)F. The first kappa shape index (κ1) is 13.5. The normalized spacial score (nSPS) is 18.0. The van der Waals surface area contributed by atoms with Crippen LogP contribution in [0.15, 0.2) is 24.3 Å². The zero-order valence-corrected chi connectivity index (χ0v) is 9.08. The van der Waals surface area contributed by atoms with E-state index in [1.165, 1.54) is 11.1 Å². The molecular formula is C11H12F3NO2. The summed E-state index contributed by atoms with van der Waals surface area (Å²) in [5, 5.41) is 10.5. The summed E-state index contributed by atoms with van der Waals surface area (Å²) in [4.78, 5) is 8.90. The molecule has 1 unspecified atom stereocenters. The van der Waals surface area contributed by atoms with E-state index in [1.807, 2.05) is 0 Å². The molecule has 0 aromatic heterocycles. The first-order valence-electron chi connectivity index (χ1n) is 4.93. The molecule has 1 aromatic carbocycles. The Hall–Kier alpha value is -1.56. The van der Waals surface area contributed by atoms with E-state index >= 15 is 0 Å². The molecule has 1 aliphatic heterocycles. The zero-order chi connectivity index (χ0) is 13.1. The molecule has 0 saturated heterocycles. The fraction of sp³-hybridized carbons (Fsp3) is 0.364. The van der Waals surface area contributed by atoms with Crippen molar-refractivity contribution in [1.82, 2.24) is 5.32 Å². The summed E-state index contributed by atoms with van der Waals surface area (Å²) in [6.07, 6.45) is -5.08. The number of rotatable bonds is 0. The molecule has 1 aromatic rings. The molecule has 0 spiro atoms. The van der Waals surface area contributed by atoms with Gasteiger partial charge in [-0.3, -0.25) is 0 Å². The molecule has 2 N–H and O–H groups in total. The molecule has 94 valence electrons. The molecule has 1 atom stereocenters. The van der Waals surface area contributed by atoms with E-state index in [1.54, 1.807) is 0 Å². The van der Waals surface area contributed by atoms with E-state index in [-0.39, 0.29) is 0 Å². The van der Waals surface area contributed by atoms with Crippen LogP contribution in [0, 0.1) is 0 Å². The van der Waals surface area contributed by atoms with Crippen LogP contribution in [0.3, 0.4) is 0 Å². The number of nitrogens with one attached hydrogen (secondary N) is 1. The van der Waals surface area contributed by atoms with E-state index in [0.29, 0.717) is 6.04 Å². The van der Waals surface area contributed by atoms with E-state index in [0.717, 1.165) is 6.54 Å². The number of alkyl halides is 3. The number of hydrogen-bond acceptors (Lipinski definition) is 2. The van der Waals surface area contributed by atoms with Crippen LogP contribution in [0.5, 0.6) is 0 Å². The van der Waals surface area contributed by atoms with Crippen LogP contribution in [0.4, 0.5) is 13.2 Å². The lowest BCUT2D eigenvalue weighted by molar-refractivity contribution is -0.192. The van der Waals surface area contributed by atoms with Gasteiger partial charge in [0.1, 0.15) is 0 Å².